The fourth-order valence-electron chi connectivity index (χ4n) is 5.29. The highest BCUT2D eigenvalue weighted by atomic mass is 35.5. The Morgan fingerprint density at radius 1 is 1.22 bits per heavy atom. The number of hydrogen-bond donors (Lipinski definition) is 3. The largest absolute Gasteiger partial charge is 0.479 e. The number of esters is 1. The number of halogens is 2. The monoisotopic (exact) mass is 681 g/mol. The van der Waals surface area contributed by atoms with Crippen molar-refractivity contribution in [2.45, 2.75) is 70.4 Å². The highest BCUT2D eigenvalue weighted by Gasteiger charge is 2.42. The van der Waals surface area contributed by atoms with E-state index in [1.165, 1.54) is 22.5 Å². The third kappa shape index (κ3) is 8.46. The van der Waals surface area contributed by atoms with E-state index in [1.54, 1.807) is 26.8 Å². The minimum Gasteiger partial charge on any atom is -0.479 e. The van der Waals surface area contributed by atoms with Gasteiger partial charge in [-0.1, -0.05) is 23.7 Å². The summed E-state index contributed by atoms with van der Waals surface area (Å²) in [6, 6.07) is 11.1. The number of anilines is 2. The van der Waals surface area contributed by atoms with E-state index < -0.39 is 51.3 Å². The first kappa shape index (κ1) is 34.5. The summed E-state index contributed by atoms with van der Waals surface area (Å²) < 4.78 is 53.4. The molecule has 4 N–H and O–H groups in total. The Hall–Kier alpha value is -3.39. The lowest BCUT2D eigenvalue weighted by Crippen LogP contribution is -2.55. The van der Waals surface area contributed by atoms with Gasteiger partial charge in [0, 0.05) is 35.1 Å². The summed E-state index contributed by atoms with van der Waals surface area (Å²) in [6.07, 6.45) is 0.980. The third-order valence-electron chi connectivity index (χ3n) is 7.07. The molecule has 1 atom stereocenters. The predicted octanol–water partition coefficient (Wildman–Crippen LogP) is 6.39. The van der Waals surface area contributed by atoms with E-state index >= 15 is 0 Å². The lowest BCUT2D eigenvalue weighted by atomic mass is 9.89. The summed E-state index contributed by atoms with van der Waals surface area (Å²) in [5.74, 6) is -3.07. The van der Waals surface area contributed by atoms with Crippen LogP contribution in [0, 0.1) is 5.82 Å². The Bertz CT molecular complexity index is 1700. The highest BCUT2D eigenvalue weighted by molar-refractivity contribution is 7.88. The van der Waals surface area contributed by atoms with E-state index in [-0.39, 0.29) is 33.8 Å². The number of nitrogen functional groups attached to an aromatic ring is 1. The molecule has 3 aromatic rings. The number of nitrogens with zero attached hydrogens (tertiary/aromatic N) is 1. The molecule has 10 nitrogen and oxygen atoms in total. The molecule has 1 aliphatic rings. The second kappa shape index (κ2) is 13.1. The summed E-state index contributed by atoms with van der Waals surface area (Å²) in [4.78, 5) is 24.7. The number of sulfonamides is 1. The molecule has 1 saturated heterocycles. The van der Waals surface area contributed by atoms with Crippen LogP contribution in [0.25, 0.3) is 10.4 Å². The molecule has 1 aromatic heterocycles. The molecule has 0 bridgehead atoms. The first-order valence-corrected chi connectivity index (χ1v) is 17.0. The molecule has 0 spiro atoms. The van der Waals surface area contributed by atoms with Crippen molar-refractivity contribution in [2.24, 2.45) is 0 Å². The number of aliphatic carboxylic acids is 1. The second-order valence-corrected chi connectivity index (χ2v) is 15.8. The Kier molecular flexibility index (Phi) is 10.1. The van der Waals surface area contributed by atoms with Crippen LogP contribution in [0.4, 0.5) is 15.8 Å². The van der Waals surface area contributed by atoms with Crippen LogP contribution in [0.2, 0.25) is 5.02 Å². The lowest BCUT2D eigenvalue weighted by molar-refractivity contribution is -0.139. The Balaban J connectivity index is 1.53. The van der Waals surface area contributed by atoms with Crippen LogP contribution in [0.5, 0.6) is 5.75 Å². The highest BCUT2D eigenvalue weighted by Crippen LogP contribution is 2.46. The average Bonchev–Trinajstić information content (AvgIpc) is 3.24. The smallest absolute Gasteiger partial charge is 0.352 e. The summed E-state index contributed by atoms with van der Waals surface area (Å²) in [6.45, 7) is 8.37. The van der Waals surface area contributed by atoms with Gasteiger partial charge < -0.3 is 25.6 Å². The van der Waals surface area contributed by atoms with E-state index in [4.69, 9.17) is 31.9 Å². The number of thiophene rings is 1. The number of piperidine rings is 1. The number of hydrogen-bond acceptors (Lipinski definition) is 9. The van der Waals surface area contributed by atoms with Gasteiger partial charge in [0.05, 0.1) is 10.6 Å². The van der Waals surface area contributed by atoms with Gasteiger partial charge in [-0.3, -0.25) is 0 Å². The fourth-order valence-corrected chi connectivity index (χ4v) is 8.71. The molecule has 1 fully saturated rings. The van der Waals surface area contributed by atoms with Crippen molar-refractivity contribution in [3.8, 4) is 16.2 Å². The minimum atomic E-state index is -3.85. The van der Waals surface area contributed by atoms with Crippen molar-refractivity contribution in [1.82, 2.24) is 4.31 Å². The van der Waals surface area contributed by atoms with Gasteiger partial charge >= 0.3 is 11.9 Å². The maximum atomic E-state index is 14.3. The first-order chi connectivity index (χ1) is 20.9. The number of benzene rings is 2. The summed E-state index contributed by atoms with van der Waals surface area (Å²) >= 11 is 7.69. The normalized spacial score (nSPS) is 17.1. The van der Waals surface area contributed by atoms with Gasteiger partial charge in [-0.05, 0) is 83.4 Å². The van der Waals surface area contributed by atoms with Crippen LogP contribution in [0.3, 0.4) is 0 Å². The molecular formula is C31H37ClFN3O7S2. The molecule has 0 unspecified atom stereocenters. The molecule has 1 aliphatic heterocycles. The van der Waals surface area contributed by atoms with E-state index in [9.17, 15) is 22.4 Å². The van der Waals surface area contributed by atoms with Crippen LogP contribution in [-0.2, 0) is 25.3 Å². The second-order valence-electron chi connectivity index (χ2n) is 12.5. The van der Waals surface area contributed by atoms with Gasteiger partial charge in [0.25, 0.3) is 0 Å². The van der Waals surface area contributed by atoms with Crippen molar-refractivity contribution < 1.29 is 37.0 Å². The zero-order valence-electron chi connectivity index (χ0n) is 25.6. The molecule has 0 aliphatic carbocycles. The van der Waals surface area contributed by atoms with Gasteiger partial charge in [-0.15, -0.1) is 11.3 Å². The van der Waals surface area contributed by atoms with Gasteiger partial charge in [-0.2, -0.15) is 4.31 Å². The summed E-state index contributed by atoms with van der Waals surface area (Å²) in [7, 11) is -3.85. The van der Waals surface area contributed by atoms with E-state index in [0.717, 1.165) is 17.0 Å². The number of carboxylic acids is 1. The zero-order valence-corrected chi connectivity index (χ0v) is 28.0. The zero-order chi connectivity index (χ0) is 33.3. The van der Waals surface area contributed by atoms with E-state index in [2.05, 4.69) is 5.32 Å². The molecule has 2 heterocycles. The molecule has 14 heteroatoms. The molecule has 0 amide bonds. The number of rotatable bonds is 10. The van der Waals surface area contributed by atoms with Gasteiger partial charge in [-0.25, -0.2) is 22.4 Å². The number of carboxylic acid groups (broad SMARTS) is 1. The average molecular weight is 682 g/mol. The summed E-state index contributed by atoms with van der Waals surface area (Å²) in [5, 5.41) is 12.7. The van der Waals surface area contributed by atoms with Crippen molar-refractivity contribution in [3.05, 3.63) is 63.7 Å². The number of ether oxygens (including phenoxy) is 2. The van der Waals surface area contributed by atoms with Crippen molar-refractivity contribution >= 4 is 56.3 Å². The maximum absolute atomic E-state index is 14.3. The molecule has 4 rings (SSSR count). The van der Waals surface area contributed by atoms with Crippen molar-refractivity contribution in [1.29, 1.82) is 0 Å². The predicted molar refractivity (Wildman–Crippen MR) is 174 cm³/mol. The first-order valence-electron chi connectivity index (χ1n) is 14.2. The molecule has 0 radical (unpaired) electrons. The van der Waals surface area contributed by atoms with Crippen molar-refractivity contribution in [2.75, 3.05) is 24.2 Å². The number of nitrogens with one attached hydrogen (secondary N) is 1. The van der Waals surface area contributed by atoms with Crippen LogP contribution in [0.15, 0.2) is 42.5 Å². The fraction of sp³-hybridized carbons (Fsp3) is 0.419. The molecule has 244 valence electrons. The molecular weight excluding hydrogens is 645 g/mol. The van der Waals surface area contributed by atoms with Crippen LogP contribution in [0.1, 0.15) is 62.7 Å². The van der Waals surface area contributed by atoms with Gasteiger partial charge in [0.2, 0.25) is 10.0 Å². The maximum Gasteiger partial charge on any atom is 0.352 e. The lowest BCUT2D eigenvalue weighted by Gasteiger charge is -2.45. The Morgan fingerprint density at radius 2 is 1.93 bits per heavy atom. The van der Waals surface area contributed by atoms with E-state index in [0.29, 0.717) is 29.0 Å². The third-order valence-corrected chi connectivity index (χ3v) is 10.8. The molecule has 2 aromatic carbocycles. The molecule has 0 saturated carbocycles. The molecule has 45 heavy (non-hydrogen) atoms. The number of carbonyl (C=O) groups is 2. The Labute approximate surface area is 271 Å². The van der Waals surface area contributed by atoms with Gasteiger partial charge in [0.15, 0.2) is 17.2 Å². The van der Waals surface area contributed by atoms with E-state index in [1.807, 2.05) is 32.0 Å². The SMILES string of the molecule is CC(C)(C)OC(=O)c1sc(-c2cccc(N[C@@H]3CCN(S(=O)(=O)Cc4cc(N)ccc4F)C(C)(C)C3)c2)c(Cl)c1OCC(=O)O. The van der Waals surface area contributed by atoms with Crippen LogP contribution < -0.4 is 15.8 Å². The summed E-state index contributed by atoms with van der Waals surface area (Å²) in [5.41, 5.74) is 5.91. The minimum absolute atomic E-state index is 0.0291. The standard InChI is InChI=1S/C31H37ClFN3O7S2/c1-30(2,3)43-29(39)28-26(42-16-24(37)38)25(32)27(44-28)18-7-6-8-21(14-18)35-22-11-12-36(31(4,5)15-22)45(40,41)17-19-13-20(34)9-10-23(19)33/h6-10,13-14,22,35H,11-12,15-17,34H2,1-5H3,(H,37,38)/t22-/m1/s1. The number of nitrogens with two attached hydrogens (primary N) is 1. The Morgan fingerprint density at radius 3 is 2.58 bits per heavy atom. The van der Waals surface area contributed by atoms with Crippen LogP contribution >= 0.6 is 22.9 Å². The number of carbonyl (C=O) groups excluding carboxylic acids is 1. The quantitative estimate of drug-likeness (QED) is 0.163. The topological polar surface area (TPSA) is 148 Å². The van der Waals surface area contributed by atoms with Gasteiger partial charge in [0.1, 0.15) is 16.4 Å². The van der Waals surface area contributed by atoms with Crippen molar-refractivity contribution in [3.63, 3.8) is 0 Å². The van der Waals surface area contributed by atoms with Crippen LogP contribution in [-0.4, -0.2) is 60.1 Å².